The summed E-state index contributed by atoms with van der Waals surface area (Å²) in [5.41, 5.74) is -0.875. The van der Waals surface area contributed by atoms with Crippen LogP contribution >= 0.6 is 11.3 Å². The van der Waals surface area contributed by atoms with Gasteiger partial charge >= 0.3 is 6.09 Å². The van der Waals surface area contributed by atoms with Crippen LogP contribution in [0, 0.1) is 0 Å². The summed E-state index contributed by atoms with van der Waals surface area (Å²) in [7, 11) is 0. The van der Waals surface area contributed by atoms with Gasteiger partial charge in [-0.1, -0.05) is 25.7 Å². The number of carbonyl (C=O) groups excluding carboxylic acids is 3. The molecule has 3 amide bonds. The third-order valence-corrected chi connectivity index (χ3v) is 5.19. The van der Waals surface area contributed by atoms with Crippen LogP contribution in [0.1, 0.15) is 76.7 Å². The number of alkyl carbamates (subject to hydrolysis) is 1. The first-order valence-electron chi connectivity index (χ1n) is 9.61. The van der Waals surface area contributed by atoms with E-state index >= 15 is 0 Å². The van der Waals surface area contributed by atoms with E-state index in [0.717, 1.165) is 38.5 Å². The predicted octanol–water partition coefficient (Wildman–Crippen LogP) is 3.45. The summed E-state index contributed by atoms with van der Waals surface area (Å²) in [4.78, 5) is 40.1. The molecule has 1 heterocycles. The standard InChI is InChI=1S/C19H30N4O4S/c1-13(24)21-16-22-14(11-28-16)15(25)20-12-19(9-7-5-6-8-10-19)23-17(26)27-18(2,3)4/h11H,5-10,12H2,1-4H3,(H,20,25)(H,23,26)(H,21,22,24). The van der Waals surface area contributed by atoms with Crippen molar-refractivity contribution in [1.82, 2.24) is 15.6 Å². The molecule has 3 N–H and O–H groups in total. The summed E-state index contributed by atoms with van der Waals surface area (Å²) in [5.74, 6) is -0.567. The van der Waals surface area contributed by atoms with Gasteiger partial charge in [-0.15, -0.1) is 11.3 Å². The van der Waals surface area contributed by atoms with Gasteiger partial charge in [-0.2, -0.15) is 0 Å². The fourth-order valence-electron chi connectivity index (χ4n) is 3.20. The van der Waals surface area contributed by atoms with Gasteiger partial charge in [0.15, 0.2) is 5.13 Å². The Morgan fingerprint density at radius 1 is 1.18 bits per heavy atom. The van der Waals surface area contributed by atoms with Crippen molar-refractivity contribution in [1.29, 1.82) is 0 Å². The number of carbonyl (C=O) groups is 3. The van der Waals surface area contributed by atoms with Crippen LogP contribution in [0.15, 0.2) is 5.38 Å². The highest BCUT2D eigenvalue weighted by Crippen LogP contribution is 2.27. The van der Waals surface area contributed by atoms with Crippen LogP contribution in [0.4, 0.5) is 9.93 Å². The van der Waals surface area contributed by atoms with Crippen molar-refractivity contribution in [2.24, 2.45) is 0 Å². The summed E-state index contributed by atoms with van der Waals surface area (Å²) in [6.45, 7) is 7.16. The molecule has 28 heavy (non-hydrogen) atoms. The number of aromatic nitrogens is 1. The number of nitrogens with zero attached hydrogens (tertiary/aromatic N) is 1. The molecule has 1 aromatic heterocycles. The van der Waals surface area contributed by atoms with Gasteiger partial charge in [0.25, 0.3) is 5.91 Å². The molecule has 0 radical (unpaired) electrons. The molecular weight excluding hydrogens is 380 g/mol. The molecule has 0 saturated heterocycles. The van der Waals surface area contributed by atoms with E-state index in [1.54, 1.807) is 5.38 Å². The van der Waals surface area contributed by atoms with Crippen molar-refractivity contribution in [3.05, 3.63) is 11.1 Å². The van der Waals surface area contributed by atoms with E-state index in [-0.39, 0.29) is 17.5 Å². The average Bonchev–Trinajstić information content (AvgIpc) is 2.89. The lowest BCUT2D eigenvalue weighted by molar-refractivity contribution is -0.114. The van der Waals surface area contributed by atoms with Crippen LogP contribution in [-0.2, 0) is 9.53 Å². The second-order valence-corrected chi connectivity index (χ2v) is 9.08. The molecule has 0 aromatic carbocycles. The Hall–Kier alpha value is -2.16. The van der Waals surface area contributed by atoms with E-state index in [1.807, 2.05) is 20.8 Å². The molecule has 0 aliphatic heterocycles. The van der Waals surface area contributed by atoms with Crippen LogP contribution in [0.3, 0.4) is 0 Å². The molecule has 1 aromatic rings. The second kappa shape index (κ2) is 9.36. The lowest BCUT2D eigenvalue weighted by Gasteiger charge is -2.35. The highest BCUT2D eigenvalue weighted by atomic mass is 32.1. The highest BCUT2D eigenvalue weighted by Gasteiger charge is 2.35. The molecule has 0 bridgehead atoms. The minimum absolute atomic E-state index is 0.236. The summed E-state index contributed by atoms with van der Waals surface area (Å²) >= 11 is 1.19. The van der Waals surface area contributed by atoms with Crippen molar-refractivity contribution < 1.29 is 19.1 Å². The fraction of sp³-hybridized carbons (Fsp3) is 0.684. The Morgan fingerprint density at radius 3 is 2.39 bits per heavy atom. The molecule has 0 spiro atoms. The summed E-state index contributed by atoms with van der Waals surface area (Å²) < 4.78 is 5.42. The minimum Gasteiger partial charge on any atom is -0.444 e. The zero-order valence-corrected chi connectivity index (χ0v) is 17.8. The van der Waals surface area contributed by atoms with Gasteiger partial charge in [-0.05, 0) is 33.6 Å². The molecule has 156 valence electrons. The Balaban J connectivity index is 2.03. The first-order valence-corrected chi connectivity index (χ1v) is 10.5. The van der Waals surface area contributed by atoms with Crippen molar-refractivity contribution in [2.75, 3.05) is 11.9 Å². The molecule has 8 nitrogen and oxygen atoms in total. The number of hydrogen-bond donors (Lipinski definition) is 3. The molecule has 0 atom stereocenters. The van der Waals surface area contributed by atoms with E-state index in [0.29, 0.717) is 11.7 Å². The third-order valence-electron chi connectivity index (χ3n) is 4.43. The number of thiazole rings is 1. The van der Waals surface area contributed by atoms with Crippen molar-refractivity contribution in [3.63, 3.8) is 0 Å². The second-order valence-electron chi connectivity index (χ2n) is 8.22. The van der Waals surface area contributed by atoms with Crippen LogP contribution in [0.25, 0.3) is 0 Å². The number of nitrogens with one attached hydrogen (secondary N) is 3. The molecule has 1 aliphatic rings. The van der Waals surface area contributed by atoms with E-state index in [4.69, 9.17) is 4.74 Å². The van der Waals surface area contributed by atoms with Crippen molar-refractivity contribution in [2.45, 2.75) is 77.4 Å². The summed E-state index contributed by atoms with van der Waals surface area (Å²) in [6.07, 6.45) is 5.27. The van der Waals surface area contributed by atoms with Crippen molar-refractivity contribution >= 4 is 34.4 Å². The van der Waals surface area contributed by atoms with Crippen LogP contribution in [-0.4, -0.2) is 40.6 Å². The summed E-state index contributed by atoms with van der Waals surface area (Å²) in [6, 6.07) is 0. The van der Waals surface area contributed by atoms with Crippen LogP contribution in [0.5, 0.6) is 0 Å². The van der Waals surface area contributed by atoms with Gasteiger partial charge in [-0.25, -0.2) is 9.78 Å². The van der Waals surface area contributed by atoms with E-state index in [2.05, 4.69) is 20.9 Å². The van der Waals surface area contributed by atoms with E-state index < -0.39 is 17.2 Å². The Kier molecular flexibility index (Phi) is 7.40. The highest BCUT2D eigenvalue weighted by molar-refractivity contribution is 7.14. The lowest BCUT2D eigenvalue weighted by atomic mass is 9.90. The van der Waals surface area contributed by atoms with Crippen LogP contribution < -0.4 is 16.0 Å². The third kappa shape index (κ3) is 7.10. The Labute approximate surface area is 169 Å². The average molecular weight is 411 g/mol. The van der Waals surface area contributed by atoms with Gasteiger partial charge in [0.05, 0.1) is 5.54 Å². The van der Waals surface area contributed by atoms with Crippen molar-refractivity contribution in [3.8, 4) is 0 Å². The minimum atomic E-state index is -0.583. The largest absolute Gasteiger partial charge is 0.444 e. The molecule has 1 aliphatic carbocycles. The smallest absolute Gasteiger partial charge is 0.408 e. The maximum absolute atomic E-state index is 12.5. The van der Waals surface area contributed by atoms with E-state index in [1.165, 1.54) is 18.3 Å². The summed E-state index contributed by atoms with van der Waals surface area (Å²) in [5, 5.41) is 10.5. The number of amides is 3. The van der Waals surface area contributed by atoms with Gasteiger partial charge in [0, 0.05) is 18.8 Å². The normalized spacial score (nSPS) is 16.6. The quantitative estimate of drug-likeness (QED) is 0.644. The first kappa shape index (κ1) is 22.1. The Bertz CT molecular complexity index is 703. The molecule has 1 fully saturated rings. The molecular formula is C19H30N4O4S. The number of rotatable bonds is 5. The van der Waals surface area contributed by atoms with E-state index in [9.17, 15) is 14.4 Å². The van der Waals surface area contributed by atoms with Gasteiger partial charge in [0.2, 0.25) is 5.91 Å². The first-order chi connectivity index (χ1) is 13.1. The fourth-order valence-corrected chi connectivity index (χ4v) is 3.93. The molecule has 0 unspecified atom stereocenters. The van der Waals surface area contributed by atoms with Gasteiger partial charge < -0.3 is 20.7 Å². The lowest BCUT2D eigenvalue weighted by Crippen LogP contribution is -2.56. The zero-order chi connectivity index (χ0) is 20.8. The maximum atomic E-state index is 12.5. The monoisotopic (exact) mass is 410 g/mol. The zero-order valence-electron chi connectivity index (χ0n) is 17.0. The maximum Gasteiger partial charge on any atom is 0.408 e. The van der Waals surface area contributed by atoms with Gasteiger partial charge in [-0.3, -0.25) is 9.59 Å². The van der Waals surface area contributed by atoms with Crippen LogP contribution in [0.2, 0.25) is 0 Å². The SMILES string of the molecule is CC(=O)Nc1nc(C(=O)NCC2(NC(=O)OC(C)(C)C)CCCCCC2)cs1. The molecule has 1 saturated carbocycles. The molecule has 9 heteroatoms. The van der Waals surface area contributed by atoms with Gasteiger partial charge in [0.1, 0.15) is 11.3 Å². The topological polar surface area (TPSA) is 109 Å². The number of ether oxygens (including phenoxy) is 1. The molecule has 2 rings (SSSR count). The Morgan fingerprint density at radius 2 is 1.82 bits per heavy atom. The number of anilines is 1. The predicted molar refractivity (Wildman–Crippen MR) is 109 cm³/mol. The number of hydrogen-bond acceptors (Lipinski definition) is 6.